The third-order valence-corrected chi connectivity index (χ3v) is 6.56. The minimum atomic E-state index is -0.435. The van der Waals surface area contributed by atoms with E-state index in [1.807, 2.05) is 35.8 Å². The van der Waals surface area contributed by atoms with Crippen LogP contribution in [0.25, 0.3) is 21.8 Å². The summed E-state index contributed by atoms with van der Waals surface area (Å²) in [5.74, 6) is 1.06. The van der Waals surface area contributed by atoms with Crippen LogP contribution in [0.4, 0.5) is 0 Å². The quantitative estimate of drug-likeness (QED) is 0.723. The highest BCUT2D eigenvalue weighted by Gasteiger charge is 2.31. The number of carbonyl (C=O) groups is 1. The van der Waals surface area contributed by atoms with Gasteiger partial charge in [-0.1, -0.05) is 51.8 Å². The lowest BCUT2D eigenvalue weighted by Crippen LogP contribution is -2.46. The first-order valence-electron chi connectivity index (χ1n) is 10.3. The summed E-state index contributed by atoms with van der Waals surface area (Å²) in [6.45, 7) is 6.49. The highest BCUT2D eigenvalue weighted by Crippen LogP contribution is 2.32. The van der Waals surface area contributed by atoms with Gasteiger partial charge in [0.2, 0.25) is 5.91 Å². The molecule has 0 bridgehead atoms. The van der Waals surface area contributed by atoms with Gasteiger partial charge in [-0.05, 0) is 30.7 Å². The summed E-state index contributed by atoms with van der Waals surface area (Å²) in [6, 6.07) is 7.59. The second kappa shape index (κ2) is 7.41. The van der Waals surface area contributed by atoms with Gasteiger partial charge >= 0.3 is 0 Å². The van der Waals surface area contributed by atoms with Crippen LogP contribution in [0.1, 0.15) is 52.5 Å². The van der Waals surface area contributed by atoms with E-state index in [1.165, 1.54) is 6.42 Å². The molecule has 148 valence electrons. The maximum absolute atomic E-state index is 13.3. The summed E-state index contributed by atoms with van der Waals surface area (Å²) in [4.78, 5) is 26.0. The maximum Gasteiger partial charge on any atom is 0.288 e. The zero-order valence-corrected chi connectivity index (χ0v) is 16.7. The molecule has 3 aromatic rings. The number of carbonyl (C=O) groups excluding carboxylic acids is 1. The van der Waals surface area contributed by atoms with Gasteiger partial charge in [-0.15, -0.1) is 0 Å². The van der Waals surface area contributed by atoms with E-state index < -0.39 is 6.04 Å². The van der Waals surface area contributed by atoms with Gasteiger partial charge in [0.15, 0.2) is 0 Å². The highest BCUT2D eigenvalue weighted by molar-refractivity contribution is 6.08. The first-order chi connectivity index (χ1) is 13.5. The van der Waals surface area contributed by atoms with Crippen LogP contribution < -0.4 is 10.9 Å². The number of hydrogen-bond acceptors (Lipinski definition) is 3. The standard InChI is InChI=1S/C22H28N4O2/c1-4-18(21(27)24-17-10-7-8-13(2)14(17)3)26-19-11-6-5-9-15(19)16-12-23-25-22(28)20(16)26/h5-6,9,11-14,17-18H,4,7-8,10H2,1-3H3,(H,24,27)(H,25,28)/t13-,14-,17+,18+/m0/s1. The molecule has 2 aromatic heterocycles. The van der Waals surface area contributed by atoms with Crippen molar-refractivity contribution in [2.45, 2.75) is 58.5 Å². The summed E-state index contributed by atoms with van der Waals surface area (Å²) in [6.07, 6.45) is 5.67. The number of para-hydroxylation sites is 1. The van der Waals surface area contributed by atoms with Gasteiger partial charge in [0.05, 0.1) is 11.7 Å². The van der Waals surface area contributed by atoms with Crippen LogP contribution in [0.2, 0.25) is 0 Å². The summed E-state index contributed by atoms with van der Waals surface area (Å²) in [5, 5.41) is 11.5. The van der Waals surface area contributed by atoms with Crippen LogP contribution in [0.3, 0.4) is 0 Å². The summed E-state index contributed by atoms with van der Waals surface area (Å²) in [7, 11) is 0. The number of benzene rings is 1. The van der Waals surface area contributed by atoms with Gasteiger partial charge in [-0.3, -0.25) is 9.59 Å². The Hall–Kier alpha value is -2.63. The molecule has 1 aliphatic rings. The lowest BCUT2D eigenvalue weighted by molar-refractivity contribution is -0.125. The lowest BCUT2D eigenvalue weighted by Gasteiger charge is -2.35. The van der Waals surface area contributed by atoms with Crippen molar-refractivity contribution >= 4 is 27.7 Å². The Morgan fingerprint density at radius 1 is 1.29 bits per heavy atom. The number of H-pyrrole nitrogens is 1. The van der Waals surface area contributed by atoms with E-state index in [9.17, 15) is 9.59 Å². The number of amides is 1. The molecule has 2 heterocycles. The van der Waals surface area contributed by atoms with Crippen molar-refractivity contribution in [3.63, 3.8) is 0 Å². The average Bonchev–Trinajstić information content (AvgIpc) is 3.02. The number of aromatic nitrogens is 3. The fourth-order valence-electron chi connectivity index (χ4n) is 4.73. The minimum Gasteiger partial charge on any atom is -0.351 e. The highest BCUT2D eigenvalue weighted by atomic mass is 16.2. The summed E-state index contributed by atoms with van der Waals surface area (Å²) < 4.78 is 1.90. The molecular formula is C22H28N4O2. The van der Waals surface area contributed by atoms with Gasteiger partial charge < -0.3 is 9.88 Å². The number of aromatic amines is 1. The van der Waals surface area contributed by atoms with Crippen molar-refractivity contribution in [3.8, 4) is 0 Å². The molecule has 1 fully saturated rings. The predicted molar refractivity (Wildman–Crippen MR) is 111 cm³/mol. The van der Waals surface area contributed by atoms with Crippen LogP contribution in [-0.4, -0.2) is 26.7 Å². The molecule has 1 saturated carbocycles. The van der Waals surface area contributed by atoms with Crippen molar-refractivity contribution < 1.29 is 4.79 Å². The number of rotatable bonds is 4. The Morgan fingerprint density at radius 2 is 2.07 bits per heavy atom. The zero-order chi connectivity index (χ0) is 19.8. The second-order valence-electron chi connectivity index (χ2n) is 8.15. The SMILES string of the molecule is CC[C@H](C(=O)N[C@@H]1CCC[C@H](C)[C@@H]1C)n1c2ccccc2c2cn[nH]c(=O)c21. The van der Waals surface area contributed by atoms with E-state index in [-0.39, 0.29) is 17.5 Å². The van der Waals surface area contributed by atoms with E-state index in [4.69, 9.17) is 0 Å². The molecule has 0 aliphatic heterocycles. The molecule has 4 rings (SSSR count). The first kappa shape index (κ1) is 18.7. The molecule has 1 aliphatic carbocycles. The Bertz CT molecular complexity index is 1070. The number of hydrogen-bond donors (Lipinski definition) is 2. The van der Waals surface area contributed by atoms with E-state index in [0.717, 1.165) is 29.1 Å². The average molecular weight is 380 g/mol. The first-order valence-corrected chi connectivity index (χ1v) is 10.3. The minimum absolute atomic E-state index is 0.00712. The molecule has 0 unspecified atom stereocenters. The Morgan fingerprint density at radius 3 is 2.86 bits per heavy atom. The van der Waals surface area contributed by atoms with Gasteiger partial charge in [-0.2, -0.15) is 5.10 Å². The third kappa shape index (κ3) is 3.01. The topological polar surface area (TPSA) is 79.8 Å². The Labute approximate surface area is 164 Å². The third-order valence-electron chi connectivity index (χ3n) is 6.56. The maximum atomic E-state index is 13.3. The fraction of sp³-hybridized carbons (Fsp3) is 0.500. The van der Waals surface area contributed by atoms with E-state index >= 15 is 0 Å². The molecule has 28 heavy (non-hydrogen) atoms. The van der Waals surface area contributed by atoms with Crippen LogP contribution in [0, 0.1) is 11.8 Å². The molecule has 0 spiro atoms. The van der Waals surface area contributed by atoms with E-state index in [1.54, 1.807) is 6.20 Å². The Balaban J connectivity index is 1.78. The lowest BCUT2D eigenvalue weighted by atomic mass is 9.78. The number of nitrogens with one attached hydrogen (secondary N) is 2. The van der Waals surface area contributed by atoms with Gasteiger partial charge in [0, 0.05) is 16.8 Å². The van der Waals surface area contributed by atoms with Crippen molar-refractivity contribution in [3.05, 3.63) is 40.8 Å². The Kier molecular flexibility index (Phi) is 4.96. The molecule has 0 radical (unpaired) electrons. The largest absolute Gasteiger partial charge is 0.351 e. The predicted octanol–water partition coefficient (Wildman–Crippen LogP) is 3.77. The molecule has 0 saturated heterocycles. The molecule has 6 nitrogen and oxygen atoms in total. The molecule has 2 N–H and O–H groups in total. The van der Waals surface area contributed by atoms with Crippen molar-refractivity contribution in [2.24, 2.45) is 11.8 Å². The summed E-state index contributed by atoms with van der Waals surface area (Å²) in [5.41, 5.74) is 1.14. The van der Waals surface area contributed by atoms with Gasteiger partial charge in [-0.25, -0.2) is 5.10 Å². The van der Waals surface area contributed by atoms with Crippen LogP contribution in [0.15, 0.2) is 35.3 Å². The second-order valence-corrected chi connectivity index (χ2v) is 8.15. The zero-order valence-electron chi connectivity index (χ0n) is 16.7. The van der Waals surface area contributed by atoms with Crippen molar-refractivity contribution in [2.75, 3.05) is 0 Å². The number of nitrogens with zero attached hydrogens (tertiary/aromatic N) is 2. The summed E-state index contributed by atoms with van der Waals surface area (Å²) >= 11 is 0. The van der Waals surface area contributed by atoms with E-state index in [2.05, 4.69) is 29.4 Å². The van der Waals surface area contributed by atoms with Crippen molar-refractivity contribution in [1.29, 1.82) is 0 Å². The van der Waals surface area contributed by atoms with Gasteiger partial charge in [0.25, 0.3) is 5.56 Å². The molecule has 1 aromatic carbocycles. The van der Waals surface area contributed by atoms with Crippen LogP contribution in [0.5, 0.6) is 0 Å². The smallest absolute Gasteiger partial charge is 0.288 e. The normalized spacial score (nSPS) is 23.8. The molecule has 1 amide bonds. The van der Waals surface area contributed by atoms with Crippen LogP contribution >= 0.6 is 0 Å². The molecule has 6 heteroatoms. The van der Waals surface area contributed by atoms with Gasteiger partial charge in [0.1, 0.15) is 11.6 Å². The van der Waals surface area contributed by atoms with Crippen LogP contribution in [-0.2, 0) is 4.79 Å². The monoisotopic (exact) mass is 380 g/mol. The fourth-order valence-corrected chi connectivity index (χ4v) is 4.73. The van der Waals surface area contributed by atoms with E-state index in [0.29, 0.717) is 23.8 Å². The molecular weight excluding hydrogens is 352 g/mol. The molecule has 4 atom stereocenters. The number of fused-ring (bicyclic) bond motifs is 3. The van der Waals surface area contributed by atoms with Crippen molar-refractivity contribution in [1.82, 2.24) is 20.1 Å².